The summed E-state index contributed by atoms with van der Waals surface area (Å²) in [5.41, 5.74) is 2.84. The number of rotatable bonds is 6. The van der Waals surface area contributed by atoms with Gasteiger partial charge >= 0.3 is 0 Å². The fraction of sp³-hybridized carbons (Fsp3) is 0.381. The van der Waals surface area contributed by atoms with Crippen LogP contribution in [0.3, 0.4) is 0 Å². The van der Waals surface area contributed by atoms with E-state index in [1.807, 2.05) is 61.5 Å². The van der Waals surface area contributed by atoms with Gasteiger partial charge in [-0.2, -0.15) is 0 Å². The second-order valence-corrected chi connectivity index (χ2v) is 9.15. The molecule has 0 unspecified atom stereocenters. The number of likely N-dealkylation sites (tertiary alicyclic amines) is 1. The number of benzene rings is 2. The van der Waals surface area contributed by atoms with Crippen LogP contribution in [0, 0.1) is 6.92 Å². The van der Waals surface area contributed by atoms with Gasteiger partial charge in [-0.1, -0.05) is 48.0 Å². The summed E-state index contributed by atoms with van der Waals surface area (Å²) in [6.07, 6.45) is 2.53. The summed E-state index contributed by atoms with van der Waals surface area (Å²) in [5, 5.41) is 3.02. The maximum atomic E-state index is 13.1. The summed E-state index contributed by atoms with van der Waals surface area (Å²) in [6.45, 7) is 3.30. The molecule has 3 rings (SSSR count). The van der Waals surface area contributed by atoms with Crippen molar-refractivity contribution in [1.82, 2.24) is 9.62 Å². The average Bonchev–Trinajstić information content (AvgIpc) is 2.65. The number of carbonyl (C=O) groups excluding carboxylic acids is 1. The van der Waals surface area contributed by atoms with Crippen LogP contribution in [0.4, 0.5) is 5.69 Å². The molecule has 6 nitrogen and oxygen atoms in total. The van der Waals surface area contributed by atoms with Crippen molar-refractivity contribution in [2.75, 3.05) is 24.7 Å². The van der Waals surface area contributed by atoms with Crippen molar-refractivity contribution in [3.8, 4) is 0 Å². The minimum absolute atomic E-state index is 0.0791. The Kier molecular flexibility index (Phi) is 6.49. The van der Waals surface area contributed by atoms with Gasteiger partial charge in [0.05, 0.1) is 6.26 Å². The molecular weight excluding hydrogens is 374 g/mol. The van der Waals surface area contributed by atoms with Crippen molar-refractivity contribution in [1.29, 1.82) is 0 Å². The average molecular weight is 402 g/mol. The molecule has 1 fully saturated rings. The highest BCUT2D eigenvalue weighted by atomic mass is 32.2. The zero-order chi connectivity index (χ0) is 20.1. The van der Waals surface area contributed by atoms with Crippen LogP contribution in [0.15, 0.2) is 54.6 Å². The van der Waals surface area contributed by atoms with Gasteiger partial charge < -0.3 is 5.32 Å². The lowest BCUT2D eigenvalue weighted by Gasteiger charge is -2.37. The van der Waals surface area contributed by atoms with E-state index in [0.717, 1.165) is 16.8 Å². The SMILES string of the molecule is Cc1ccc(NC(=O)[C@@H](c2ccccc2)N2CCC(NS(C)(=O)=O)CC2)cc1. The molecule has 0 bridgehead atoms. The van der Waals surface area contributed by atoms with Crippen molar-refractivity contribution in [3.63, 3.8) is 0 Å². The molecule has 0 aliphatic carbocycles. The molecule has 0 spiro atoms. The first-order valence-electron chi connectivity index (χ1n) is 9.46. The standard InChI is InChI=1S/C21H27N3O3S/c1-16-8-10-18(11-9-16)22-21(25)20(17-6-4-3-5-7-17)24-14-12-19(13-15-24)23-28(2,26)27/h3-11,19-20,23H,12-15H2,1-2H3,(H,22,25)/t20-/m1/s1. The minimum Gasteiger partial charge on any atom is -0.324 e. The molecule has 1 aliphatic rings. The number of aryl methyl sites for hydroxylation is 1. The lowest BCUT2D eigenvalue weighted by Crippen LogP contribution is -2.47. The van der Waals surface area contributed by atoms with Crippen LogP contribution in [0.5, 0.6) is 0 Å². The molecule has 1 amide bonds. The Morgan fingerprint density at radius 1 is 1.04 bits per heavy atom. The van der Waals surface area contributed by atoms with Crippen molar-refractivity contribution in [2.24, 2.45) is 0 Å². The van der Waals surface area contributed by atoms with Crippen LogP contribution in [0.1, 0.15) is 30.0 Å². The summed E-state index contributed by atoms with van der Waals surface area (Å²) in [6, 6.07) is 16.9. The van der Waals surface area contributed by atoms with Crippen LogP contribution < -0.4 is 10.0 Å². The largest absolute Gasteiger partial charge is 0.324 e. The van der Waals surface area contributed by atoms with Crippen LogP contribution >= 0.6 is 0 Å². The van der Waals surface area contributed by atoms with E-state index in [2.05, 4.69) is 14.9 Å². The maximum Gasteiger partial charge on any atom is 0.246 e. The quantitative estimate of drug-likeness (QED) is 0.780. The molecule has 0 aromatic heterocycles. The highest BCUT2D eigenvalue weighted by Crippen LogP contribution is 2.26. The first-order chi connectivity index (χ1) is 13.3. The van der Waals surface area contributed by atoms with E-state index in [0.29, 0.717) is 25.9 Å². The Hall–Kier alpha value is -2.22. The van der Waals surface area contributed by atoms with Gasteiger partial charge in [0.15, 0.2) is 0 Å². The molecule has 1 aliphatic heterocycles. The Morgan fingerprint density at radius 2 is 1.64 bits per heavy atom. The molecular formula is C21H27N3O3S. The molecule has 2 aromatic carbocycles. The number of hydrogen-bond donors (Lipinski definition) is 2. The smallest absolute Gasteiger partial charge is 0.246 e. The first-order valence-corrected chi connectivity index (χ1v) is 11.3. The molecule has 0 saturated carbocycles. The maximum absolute atomic E-state index is 13.1. The normalized spacial score (nSPS) is 17.2. The molecule has 2 aromatic rings. The molecule has 0 radical (unpaired) electrons. The van der Waals surface area contributed by atoms with E-state index in [1.54, 1.807) is 0 Å². The van der Waals surface area contributed by atoms with Crippen molar-refractivity contribution < 1.29 is 13.2 Å². The van der Waals surface area contributed by atoms with Gasteiger partial charge in [-0.25, -0.2) is 13.1 Å². The third-order valence-electron chi connectivity index (χ3n) is 4.96. The predicted octanol–water partition coefficient (Wildman–Crippen LogP) is 2.69. The van der Waals surface area contributed by atoms with Crippen LogP contribution in [0.2, 0.25) is 0 Å². The van der Waals surface area contributed by atoms with Crippen molar-refractivity contribution >= 4 is 21.6 Å². The molecule has 1 atom stereocenters. The number of anilines is 1. The Morgan fingerprint density at radius 3 is 2.21 bits per heavy atom. The van der Waals surface area contributed by atoms with E-state index >= 15 is 0 Å². The topological polar surface area (TPSA) is 78.5 Å². The molecule has 28 heavy (non-hydrogen) atoms. The summed E-state index contributed by atoms with van der Waals surface area (Å²) in [5.74, 6) is -0.0791. The highest BCUT2D eigenvalue weighted by Gasteiger charge is 2.31. The second kappa shape index (κ2) is 8.86. The van der Waals surface area contributed by atoms with E-state index < -0.39 is 16.1 Å². The second-order valence-electron chi connectivity index (χ2n) is 7.37. The first kappa shape index (κ1) is 20.5. The molecule has 1 saturated heterocycles. The monoisotopic (exact) mass is 401 g/mol. The van der Waals surface area contributed by atoms with Crippen molar-refractivity contribution in [2.45, 2.75) is 31.8 Å². The third-order valence-corrected chi connectivity index (χ3v) is 5.72. The van der Waals surface area contributed by atoms with Crippen molar-refractivity contribution in [3.05, 3.63) is 65.7 Å². The fourth-order valence-electron chi connectivity index (χ4n) is 3.59. The Bertz CT molecular complexity index is 890. The number of sulfonamides is 1. The van der Waals surface area contributed by atoms with E-state index in [9.17, 15) is 13.2 Å². The minimum atomic E-state index is -3.22. The Balaban J connectivity index is 1.75. The summed E-state index contributed by atoms with van der Waals surface area (Å²) in [7, 11) is -3.22. The van der Waals surface area contributed by atoms with Gasteiger partial charge in [0.2, 0.25) is 15.9 Å². The fourth-order valence-corrected chi connectivity index (χ4v) is 4.43. The van der Waals surface area contributed by atoms with Gasteiger partial charge in [-0.15, -0.1) is 0 Å². The van der Waals surface area contributed by atoms with Gasteiger partial charge in [0.25, 0.3) is 0 Å². The van der Waals surface area contributed by atoms with E-state index in [-0.39, 0.29) is 11.9 Å². The number of piperidine rings is 1. The molecule has 7 heteroatoms. The lowest BCUT2D eigenvalue weighted by atomic mass is 9.99. The number of nitrogens with one attached hydrogen (secondary N) is 2. The van der Waals surface area contributed by atoms with Gasteiger partial charge in [-0.3, -0.25) is 9.69 Å². The summed E-state index contributed by atoms with van der Waals surface area (Å²) >= 11 is 0. The Labute approximate surface area is 167 Å². The number of nitrogens with zero attached hydrogens (tertiary/aromatic N) is 1. The summed E-state index contributed by atoms with van der Waals surface area (Å²) < 4.78 is 25.6. The van der Waals surface area contributed by atoms with E-state index in [4.69, 9.17) is 0 Å². The van der Waals surface area contributed by atoms with Crippen LogP contribution in [-0.4, -0.2) is 44.6 Å². The number of amides is 1. The van der Waals surface area contributed by atoms with Gasteiger partial charge in [-0.05, 0) is 37.5 Å². The third kappa shape index (κ3) is 5.64. The van der Waals surface area contributed by atoms with Crippen LogP contribution in [-0.2, 0) is 14.8 Å². The van der Waals surface area contributed by atoms with Gasteiger partial charge in [0, 0.05) is 24.8 Å². The zero-order valence-electron chi connectivity index (χ0n) is 16.3. The molecule has 2 N–H and O–H groups in total. The van der Waals surface area contributed by atoms with Crippen LogP contribution in [0.25, 0.3) is 0 Å². The zero-order valence-corrected chi connectivity index (χ0v) is 17.1. The molecule has 150 valence electrons. The summed E-state index contributed by atoms with van der Waals surface area (Å²) in [4.78, 5) is 15.3. The predicted molar refractivity (Wildman–Crippen MR) is 112 cm³/mol. The molecule has 1 heterocycles. The van der Waals surface area contributed by atoms with E-state index in [1.165, 1.54) is 6.26 Å². The van der Waals surface area contributed by atoms with Gasteiger partial charge in [0.1, 0.15) is 6.04 Å². The number of hydrogen-bond acceptors (Lipinski definition) is 4. The highest BCUT2D eigenvalue weighted by molar-refractivity contribution is 7.88. The number of carbonyl (C=O) groups is 1. The lowest BCUT2D eigenvalue weighted by molar-refractivity contribution is -0.122.